The van der Waals surface area contributed by atoms with E-state index >= 15 is 0 Å². The maximum absolute atomic E-state index is 5.58. The smallest absolute Gasteiger partial charge is 0.0547 e. The summed E-state index contributed by atoms with van der Waals surface area (Å²) in [6, 6.07) is 6.22. The van der Waals surface area contributed by atoms with E-state index in [0.717, 1.165) is 44.0 Å². The molecule has 0 aliphatic carbocycles. The Morgan fingerprint density at radius 3 is 2.71 bits per heavy atom. The summed E-state index contributed by atoms with van der Waals surface area (Å²) in [6.07, 6.45) is 1.05. The number of rotatable bonds is 7. The summed E-state index contributed by atoms with van der Waals surface area (Å²) in [6.45, 7) is 10.4. The molecule has 1 aromatic heterocycles. The highest BCUT2D eigenvalue weighted by Gasteiger charge is 2.08. The lowest BCUT2D eigenvalue weighted by atomic mass is 10.2. The van der Waals surface area contributed by atoms with Crippen molar-refractivity contribution in [3.8, 4) is 0 Å². The molecule has 1 aromatic rings. The topological polar surface area (TPSA) is 42.1 Å². The van der Waals surface area contributed by atoms with E-state index in [0.29, 0.717) is 5.92 Å². The first kappa shape index (κ1) is 14.1. The van der Waals surface area contributed by atoms with Crippen LogP contribution in [0.5, 0.6) is 0 Å². The molecule has 0 unspecified atom stereocenters. The van der Waals surface area contributed by atoms with E-state index < -0.39 is 0 Å². The molecule has 0 saturated carbocycles. The zero-order valence-electron chi connectivity index (χ0n) is 11.3. The molecule has 0 bridgehead atoms. The fourth-order valence-corrected chi connectivity index (χ4v) is 1.98. The summed E-state index contributed by atoms with van der Waals surface area (Å²) >= 11 is 0. The Morgan fingerprint density at radius 1 is 1.35 bits per heavy atom. The molecule has 3 heteroatoms. The first-order valence-corrected chi connectivity index (χ1v) is 6.46. The molecule has 3 nitrogen and oxygen atoms in total. The third kappa shape index (κ3) is 5.80. The first-order chi connectivity index (χ1) is 8.11. The molecule has 0 spiro atoms. The molecular weight excluding hydrogens is 210 g/mol. The summed E-state index contributed by atoms with van der Waals surface area (Å²) in [5.41, 5.74) is 7.83. The molecule has 0 amide bonds. The summed E-state index contributed by atoms with van der Waals surface area (Å²) in [5.74, 6) is 0.678. The molecule has 96 valence electrons. The van der Waals surface area contributed by atoms with Crippen LogP contribution in [0.2, 0.25) is 0 Å². The first-order valence-electron chi connectivity index (χ1n) is 6.46. The van der Waals surface area contributed by atoms with Gasteiger partial charge in [0.2, 0.25) is 0 Å². The van der Waals surface area contributed by atoms with Gasteiger partial charge in [-0.2, -0.15) is 0 Å². The summed E-state index contributed by atoms with van der Waals surface area (Å²) < 4.78 is 0. The van der Waals surface area contributed by atoms with Gasteiger partial charge in [0, 0.05) is 18.8 Å². The van der Waals surface area contributed by atoms with E-state index in [1.165, 1.54) is 0 Å². The van der Waals surface area contributed by atoms with E-state index in [4.69, 9.17) is 5.73 Å². The van der Waals surface area contributed by atoms with Gasteiger partial charge in [-0.05, 0) is 44.5 Å². The van der Waals surface area contributed by atoms with E-state index in [9.17, 15) is 0 Å². The van der Waals surface area contributed by atoms with Crippen LogP contribution in [0, 0.1) is 12.8 Å². The normalized spacial score (nSPS) is 11.4. The molecule has 0 aliphatic rings. The van der Waals surface area contributed by atoms with Crippen molar-refractivity contribution in [2.24, 2.45) is 11.7 Å². The van der Waals surface area contributed by atoms with Crippen LogP contribution in [0.15, 0.2) is 18.2 Å². The van der Waals surface area contributed by atoms with Gasteiger partial charge in [-0.3, -0.25) is 9.88 Å². The van der Waals surface area contributed by atoms with Crippen molar-refractivity contribution in [2.45, 2.75) is 33.7 Å². The molecule has 1 rings (SSSR count). The van der Waals surface area contributed by atoms with Crippen molar-refractivity contribution in [1.82, 2.24) is 9.88 Å². The van der Waals surface area contributed by atoms with Crippen LogP contribution in [0.4, 0.5) is 0 Å². The van der Waals surface area contributed by atoms with Crippen molar-refractivity contribution < 1.29 is 0 Å². The quantitative estimate of drug-likeness (QED) is 0.788. The molecule has 0 fully saturated rings. The maximum atomic E-state index is 5.58. The van der Waals surface area contributed by atoms with Gasteiger partial charge in [0.05, 0.1) is 5.69 Å². The molecule has 0 saturated heterocycles. The molecular formula is C14H25N3. The fraction of sp³-hybridized carbons (Fsp3) is 0.643. The Labute approximate surface area is 105 Å². The summed E-state index contributed by atoms with van der Waals surface area (Å²) in [4.78, 5) is 7.00. The minimum atomic E-state index is 0.678. The highest BCUT2D eigenvalue weighted by molar-refractivity contribution is 5.09. The summed E-state index contributed by atoms with van der Waals surface area (Å²) in [5, 5.41) is 0. The average Bonchev–Trinajstić information content (AvgIpc) is 2.25. The predicted molar refractivity (Wildman–Crippen MR) is 72.8 cm³/mol. The average molecular weight is 235 g/mol. The number of hydrogen-bond acceptors (Lipinski definition) is 3. The van der Waals surface area contributed by atoms with E-state index in [1.54, 1.807) is 0 Å². The van der Waals surface area contributed by atoms with E-state index in [2.05, 4.69) is 35.9 Å². The Morgan fingerprint density at radius 2 is 2.12 bits per heavy atom. The third-order valence-electron chi connectivity index (χ3n) is 2.63. The second-order valence-corrected chi connectivity index (χ2v) is 5.04. The zero-order valence-corrected chi connectivity index (χ0v) is 11.3. The van der Waals surface area contributed by atoms with Crippen molar-refractivity contribution in [2.75, 3.05) is 19.6 Å². The second-order valence-electron chi connectivity index (χ2n) is 5.04. The van der Waals surface area contributed by atoms with Crippen LogP contribution in [0.25, 0.3) is 0 Å². The van der Waals surface area contributed by atoms with Crippen LogP contribution >= 0.6 is 0 Å². The van der Waals surface area contributed by atoms with Crippen LogP contribution in [-0.4, -0.2) is 29.5 Å². The molecule has 2 N–H and O–H groups in total. The Bertz CT molecular complexity index is 323. The van der Waals surface area contributed by atoms with Crippen molar-refractivity contribution in [1.29, 1.82) is 0 Å². The van der Waals surface area contributed by atoms with Gasteiger partial charge in [0.1, 0.15) is 0 Å². The van der Waals surface area contributed by atoms with Crippen molar-refractivity contribution in [3.05, 3.63) is 29.6 Å². The Hall–Kier alpha value is -0.930. The van der Waals surface area contributed by atoms with E-state index in [1.807, 2.05) is 13.0 Å². The van der Waals surface area contributed by atoms with Gasteiger partial charge in [-0.1, -0.05) is 19.9 Å². The minimum absolute atomic E-state index is 0.678. The van der Waals surface area contributed by atoms with Gasteiger partial charge in [-0.15, -0.1) is 0 Å². The Kier molecular flexibility index (Phi) is 6.16. The lowest BCUT2D eigenvalue weighted by Gasteiger charge is -2.23. The standard InChI is InChI=1S/C14H25N3/c1-12(2)10-17(9-5-8-15)11-14-7-4-6-13(3)16-14/h4,6-7,12H,5,8-11,15H2,1-3H3. The number of hydrogen-bond donors (Lipinski definition) is 1. The van der Waals surface area contributed by atoms with Crippen LogP contribution < -0.4 is 5.73 Å². The van der Waals surface area contributed by atoms with Crippen molar-refractivity contribution >= 4 is 0 Å². The monoisotopic (exact) mass is 235 g/mol. The lowest BCUT2D eigenvalue weighted by molar-refractivity contribution is 0.232. The molecule has 0 aliphatic heterocycles. The largest absolute Gasteiger partial charge is 0.330 e. The van der Waals surface area contributed by atoms with Gasteiger partial charge >= 0.3 is 0 Å². The van der Waals surface area contributed by atoms with Crippen molar-refractivity contribution in [3.63, 3.8) is 0 Å². The fourth-order valence-electron chi connectivity index (χ4n) is 1.98. The molecule has 1 heterocycles. The third-order valence-corrected chi connectivity index (χ3v) is 2.63. The lowest BCUT2D eigenvalue weighted by Crippen LogP contribution is -2.30. The van der Waals surface area contributed by atoms with Crippen LogP contribution in [0.3, 0.4) is 0 Å². The number of pyridine rings is 1. The van der Waals surface area contributed by atoms with Gasteiger partial charge in [-0.25, -0.2) is 0 Å². The molecule has 17 heavy (non-hydrogen) atoms. The minimum Gasteiger partial charge on any atom is -0.330 e. The number of nitrogens with zero attached hydrogens (tertiary/aromatic N) is 2. The van der Waals surface area contributed by atoms with E-state index in [-0.39, 0.29) is 0 Å². The second kappa shape index (κ2) is 7.41. The molecule has 0 aromatic carbocycles. The number of nitrogens with two attached hydrogens (primary N) is 1. The highest BCUT2D eigenvalue weighted by atomic mass is 15.1. The van der Waals surface area contributed by atoms with Gasteiger partial charge < -0.3 is 5.73 Å². The maximum Gasteiger partial charge on any atom is 0.0547 e. The predicted octanol–water partition coefficient (Wildman–Crippen LogP) is 2.20. The molecule has 0 radical (unpaired) electrons. The van der Waals surface area contributed by atoms with Gasteiger partial charge in [0.25, 0.3) is 0 Å². The molecule has 0 atom stereocenters. The zero-order chi connectivity index (χ0) is 12.7. The van der Waals surface area contributed by atoms with Crippen LogP contribution in [0.1, 0.15) is 31.7 Å². The SMILES string of the molecule is Cc1cccc(CN(CCCN)CC(C)C)n1. The highest BCUT2D eigenvalue weighted by Crippen LogP contribution is 2.07. The Balaban J connectivity index is 2.58. The number of aryl methyl sites for hydroxylation is 1. The number of aromatic nitrogens is 1. The van der Waals surface area contributed by atoms with Crippen LogP contribution in [-0.2, 0) is 6.54 Å². The van der Waals surface area contributed by atoms with Gasteiger partial charge in [0.15, 0.2) is 0 Å². The summed E-state index contributed by atoms with van der Waals surface area (Å²) in [7, 11) is 0.